The van der Waals surface area contributed by atoms with Crippen molar-refractivity contribution in [1.29, 1.82) is 0 Å². The molecule has 96 valence electrons. The van der Waals surface area contributed by atoms with Crippen molar-refractivity contribution in [2.75, 3.05) is 4.90 Å². The third-order valence-corrected chi connectivity index (χ3v) is 4.26. The second kappa shape index (κ2) is 6.02. The van der Waals surface area contributed by atoms with E-state index >= 15 is 0 Å². The SMILES string of the molecule is CCCCC1=C(Br)CC(=O)N1c1ccc(Br)cc1. The Balaban J connectivity index is 2.29. The van der Waals surface area contributed by atoms with E-state index in [1.165, 1.54) is 0 Å². The van der Waals surface area contributed by atoms with Crippen LogP contribution in [0.15, 0.2) is 38.9 Å². The second-order valence-electron chi connectivity index (χ2n) is 4.34. The number of nitrogens with zero attached hydrogens (tertiary/aromatic N) is 1. The van der Waals surface area contributed by atoms with Crippen molar-refractivity contribution in [3.63, 3.8) is 0 Å². The van der Waals surface area contributed by atoms with Gasteiger partial charge in [-0.05, 0) is 37.1 Å². The molecule has 0 atom stereocenters. The van der Waals surface area contributed by atoms with Crippen molar-refractivity contribution < 1.29 is 4.79 Å². The predicted octanol–water partition coefficient (Wildman–Crippen LogP) is 4.98. The molecule has 1 amide bonds. The Bertz CT molecular complexity index is 479. The number of hydrogen-bond acceptors (Lipinski definition) is 1. The highest BCUT2D eigenvalue weighted by Crippen LogP contribution is 2.36. The Morgan fingerprint density at radius 2 is 1.89 bits per heavy atom. The molecule has 0 spiro atoms. The first-order valence-corrected chi connectivity index (χ1v) is 7.68. The van der Waals surface area contributed by atoms with E-state index < -0.39 is 0 Å². The molecule has 0 saturated carbocycles. The minimum atomic E-state index is 0.148. The van der Waals surface area contributed by atoms with Crippen LogP contribution in [0.25, 0.3) is 0 Å². The van der Waals surface area contributed by atoms with Gasteiger partial charge in [0.1, 0.15) is 0 Å². The van der Waals surface area contributed by atoms with Gasteiger partial charge in [0.25, 0.3) is 0 Å². The molecule has 4 heteroatoms. The Kier molecular flexibility index (Phi) is 4.62. The number of allylic oxidation sites excluding steroid dienone is 1. The zero-order valence-electron chi connectivity index (χ0n) is 10.2. The van der Waals surface area contributed by atoms with Crippen LogP contribution in [0.1, 0.15) is 32.6 Å². The minimum absolute atomic E-state index is 0.148. The maximum Gasteiger partial charge on any atom is 0.236 e. The van der Waals surface area contributed by atoms with E-state index in [9.17, 15) is 4.79 Å². The highest BCUT2D eigenvalue weighted by atomic mass is 79.9. The number of hydrogen-bond donors (Lipinski definition) is 0. The molecule has 2 nitrogen and oxygen atoms in total. The van der Waals surface area contributed by atoms with Gasteiger partial charge in [0, 0.05) is 20.3 Å². The van der Waals surface area contributed by atoms with Crippen molar-refractivity contribution in [2.24, 2.45) is 0 Å². The van der Waals surface area contributed by atoms with Crippen molar-refractivity contribution in [3.8, 4) is 0 Å². The Labute approximate surface area is 124 Å². The lowest BCUT2D eigenvalue weighted by molar-refractivity contribution is -0.116. The number of carbonyl (C=O) groups excluding carboxylic acids is 1. The average Bonchev–Trinajstić information content (AvgIpc) is 2.62. The fraction of sp³-hybridized carbons (Fsp3) is 0.357. The van der Waals surface area contributed by atoms with Crippen LogP contribution in [0.2, 0.25) is 0 Å². The zero-order valence-corrected chi connectivity index (χ0v) is 13.4. The van der Waals surface area contributed by atoms with E-state index in [1.54, 1.807) is 0 Å². The fourth-order valence-corrected chi connectivity index (χ4v) is 2.95. The molecule has 1 aromatic rings. The summed E-state index contributed by atoms with van der Waals surface area (Å²) in [6, 6.07) is 7.87. The van der Waals surface area contributed by atoms with Crippen molar-refractivity contribution in [2.45, 2.75) is 32.6 Å². The number of anilines is 1. The van der Waals surface area contributed by atoms with Gasteiger partial charge in [0.05, 0.1) is 6.42 Å². The van der Waals surface area contributed by atoms with Crippen LogP contribution in [0, 0.1) is 0 Å². The van der Waals surface area contributed by atoms with Gasteiger partial charge in [-0.2, -0.15) is 0 Å². The van der Waals surface area contributed by atoms with Crippen LogP contribution in [-0.2, 0) is 4.79 Å². The molecule has 0 aromatic heterocycles. The third kappa shape index (κ3) is 2.86. The largest absolute Gasteiger partial charge is 0.284 e. The molecule has 0 aliphatic carbocycles. The molecule has 18 heavy (non-hydrogen) atoms. The molecule has 1 heterocycles. The highest BCUT2D eigenvalue weighted by Gasteiger charge is 2.29. The molecular formula is C14H15Br2NO. The molecule has 0 saturated heterocycles. The van der Waals surface area contributed by atoms with Crippen LogP contribution >= 0.6 is 31.9 Å². The van der Waals surface area contributed by atoms with Crippen LogP contribution in [-0.4, -0.2) is 5.91 Å². The summed E-state index contributed by atoms with van der Waals surface area (Å²) in [5.41, 5.74) is 2.06. The number of amides is 1. The van der Waals surface area contributed by atoms with Crippen LogP contribution < -0.4 is 4.90 Å². The van der Waals surface area contributed by atoms with Crippen LogP contribution in [0.3, 0.4) is 0 Å². The van der Waals surface area contributed by atoms with Gasteiger partial charge in [-0.25, -0.2) is 0 Å². The average molecular weight is 373 g/mol. The standard InChI is InChI=1S/C14H15Br2NO/c1-2-3-4-13-12(16)9-14(18)17(13)11-7-5-10(15)6-8-11/h5-8H,2-4,9H2,1H3. The summed E-state index contributed by atoms with van der Waals surface area (Å²) in [5, 5.41) is 0. The van der Waals surface area contributed by atoms with Gasteiger partial charge in [0.15, 0.2) is 0 Å². The second-order valence-corrected chi connectivity index (χ2v) is 6.21. The van der Waals surface area contributed by atoms with Crippen LogP contribution in [0.4, 0.5) is 5.69 Å². The molecule has 2 rings (SSSR count). The lowest BCUT2D eigenvalue weighted by Gasteiger charge is -2.20. The van der Waals surface area contributed by atoms with E-state index in [2.05, 4.69) is 38.8 Å². The smallest absolute Gasteiger partial charge is 0.236 e. The van der Waals surface area contributed by atoms with E-state index in [0.29, 0.717) is 6.42 Å². The monoisotopic (exact) mass is 371 g/mol. The van der Waals surface area contributed by atoms with Gasteiger partial charge in [-0.15, -0.1) is 0 Å². The van der Waals surface area contributed by atoms with E-state index in [1.807, 2.05) is 29.2 Å². The van der Waals surface area contributed by atoms with E-state index in [0.717, 1.165) is 39.6 Å². The lowest BCUT2D eigenvalue weighted by atomic mass is 10.2. The maximum absolute atomic E-state index is 12.1. The minimum Gasteiger partial charge on any atom is -0.284 e. The summed E-state index contributed by atoms with van der Waals surface area (Å²) in [6.45, 7) is 2.16. The molecular weight excluding hydrogens is 358 g/mol. The summed E-state index contributed by atoms with van der Waals surface area (Å²) < 4.78 is 2.06. The van der Waals surface area contributed by atoms with Crippen molar-refractivity contribution in [1.82, 2.24) is 0 Å². The van der Waals surface area contributed by atoms with Gasteiger partial charge < -0.3 is 0 Å². The highest BCUT2D eigenvalue weighted by molar-refractivity contribution is 9.11. The third-order valence-electron chi connectivity index (χ3n) is 2.99. The summed E-state index contributed by atoms with van der Waals surface area (Å²) in [7, 11) is 0. The Morgan fingerprint density at radius 1 is 1.22 bits per heavy atom. The van der Waals surface area contributed by atoms with Crippen molar-refractivity contribution in [3.05, 3.63) is 38.9 Å². The summed E-state index contributed by atoms with van der Waals surface area (Å²) in [4.78, 5) is 13.9. The molecule has 0 fully saturated rings. The van der Waals surface area contributed by atoms with Gasteiger partial charge in [0.2, 0.25) is 5.91 Å². The first kappa shape index (κ1) is 13.8. The topological polar surface area (TPSA) is 20.3 Å². The first-order chi connectivity index (χ1) is 8.63. The Hall–Kier alpha value is -0.610. The number of unbranched alkanes of at least 4 members (excludes halogenated alkanes) is 1. The summed E-state index contributed by atoms with van der Waals surface area (Å²) in [6.07, 6.45) is 3.66. The molecule has 0 unspecified atom stereocenters. The normalized spacial score (nSPS) is 15.7. The number of halogens is 2. The molecule has 0 N–H and O–H groups in total. The fourth-order valence-electron chi connectivity index (χ4n) is 2.07. The Morgan fingerprint density at radius 3 is 2.50 bits per heavy atom. The molecule has 1 aliphatic rings. The van der Waals surface area contributed by atoms with Gasteiger partial charge in [-0.3, -0.25) is 9.69 Å². The summed E-state index contributed by atoms with van der Waals surface area (Å²) >= 11 is 6.95. The number of rotatable bonds is 4. The van der Waals surface area contributed by atoms with Crippen molar-refractivity contribution >= 4 is 43.5 Å². The van der Waals surface area contributed by atoms with E-state index in [-0.39, 0.29) is 5.91 Å². The molecule has 0 bridgehead atoms. The predicted molar refractivity (Wildman–Crippen MR) is 81.7 cm³/mol. The number of benzene rings is 1. The number of carbonyl (C=O) groups is 1. The first-order valence-electron chi connectivity index (χ1n) is 6.09. The quantitative estimate of drug-likeness (QED) is 0.729. The van der Waals surface area contributed by atoms with Crippen LogP contribution in [0.5, 0.6) is 0 Å². The maximum atomic E-state index is 12.1. The van der Waals surface area contributed by atoms with Gasteiger partial charge in [-0.1, -0.05) is 45.2 Å². The lowest BCUT2D eigenvalue weighted by Crippen LogP contribution is -2.24. The zero-order chi connectivity index (χ0) is 13.1. The van der Waals surface area contributed by atoms with Gasteiger partial charge >= 0.3 is 0 Å². The molecule has 1 aliphatic heterocycles. The molecule has 0 radical (unpaired) electrons. The summed E-state index contributed by atoms with van der Waals surface area (Å²) in [5.74, 6) is 0.148. The van der Waals surface area contributed by atoms with E-state index in [4.69, 9.17) is 0 Å². The molecule has 1 aromatic carbocycles.